The molecular formula is C56H69N3O8. The third-order valence-electron chi connectivity index (χ3n) is 14.6. The molecule has 2 saturated carbocycles. The first-order valence-corrected chi connectivity index (χ1v) is 24.8. The molecule has 0 saturated heterocycles. The van der Waals surface area contributed by atoms with Crippen LogP contribution >= 0.6 is 0 Å². The van der Waals surface area contributed by atoms with Crippen molar-refractivity contribution in [3.05, 3.63) is 132 Å². The van der Waals surface area contributed by atoms with Crippen LogP contribution in [0.1, 0.15) is 113 Å². The van der Waals surface area contributed by atoms with Crippen molar-refractivity contribution in [2.45, 2.75) is 121 Å². The molecule has 6 atom stereocenters. The monoisotopic (exact) mass is 912 g/mol. The van der Waals surface area contributed by atoms with Gasteiger partial charge in [-0.15, -0.1) is 6.58 Å². The fraction of sp³-hybridized carbons (Fsp3) is 0.482. The number of unbranched alkanes of at least 4 members (excludes halogenated alkanes) is 2. The second kappa shape index (κ2) is 23.0. The first-order chi connectivity index (χ1) is 32.9. The van der Waals surface area contributed by atoms with Crippen LogP contribution < -0.4 is 14.8 Å². The second-order valence-corrected chi connectivity index (χ2v) is 18.8. The highest BCUT2D eigenvalue weighted by Crippen LogP contribution is 2.62. The average molecular weight is 912 g/mol. The lowest BCUT2D eigenvalue weighted by Gasteiger charge is -2.60. The van der Waals surface area contributed by atoms with E-state index < -0.39 is 23.8 Å². The maximum absolute atomic E-state index is 15.4. The van der Waals surface area contributed by atoms with E-state index in [1.807, 2.05) is 66.4 Å². The van der Waals surface area contributed by atoms with Crippen molar-refractivity contribution in [1.82, 2.24) is 10.2 Å². The molecule has 11 nitrogen and oxygen atoms in total. The van der Waals surface area contributed by atoms with Crippen LogP contribution in [0.15, 0.2) is 120 Å². The first-order valence-electron chi connectivity index (χ1n) is 24.8. The van der Waals surface area contributed by atoms with Crippen LogP contribution in [0.4, 0.5) is 4.79 Å². The standard InChI is InChI=1S/C56H69N3O8/c1-3-33-64-56-51(59(52(62)30-27-39-17-8-9-18-39)38-43-24-16-23-41-21-10-11-25-45(41)43)36-49(58-65-4-2)47-34-42(22-12-14-31-60)46(26-13-15-32-61)53(54(47)56)48-35-44(28-29-50(48)67-56)66-55(63)57-37-40-19-6-5-7-20-40/h3,5-7,10-11,16,19-21,23-25,28-29,34-35,39,42,46,51,53-54,60-61H,1,4,8-9,12-15,17-18,22,26-27,30-33,36-38H2,2H3,(H,57,63)/t42-,46+,51-,53+,54+,56+/m0/s1. The Morgan fingerprint density at radius 3 is 2.46 bits per heavy atom. The van der Waals surface area contributed by atoms with Gasteiger partial charge in [-0.3, -0.25) is 4.79 Å². The number of ether oxygens (including phenoxy) is 3. The third-order valence-corrected chi connectivity index (χ3v) is 14.6. The summed E-state index contributed by atoms with van der Waals surface area (Å²) in [4.78, 5) is 36.8. The topological polar surface area (TPSA) is 139 Å². The number of rotatable bonds is 22. The summed E-state index contributed by atoms with van der Waals surface area (Å²) in [7, 11) is 0. The number of nitrogens with one attached hydrogen (secondary N) is 1. The van der Waals surface area contributed by atoms with Gasteiger partial charge in [-0.05, 0) is 102 Å². The van der Waals surface area contributed by atoms with E-state index in [-0.39, 0.29) is 43.5 Å². The van der Waals surface area contributed by atoms with Crippen LogP contribution in [0.3, 0.4) is 0 Å². The molecule has 1 heterocycles. The Kier molecular flexibility index (Phi) is 16.5. The number of carbonyl (C=O) groups is 2. The number of hydrogen-bond donors (Lipinski definition) is 3. The Morgan fingerprint density at radius 2 is 1.69 bits per heavy atom. The highest BCUT2D eigenvalue weighted by molar-refractivity contribution is 6.03. The number of allylic oxidation sites excluding steroid dienone is 1. The summed E-state index contributed by atoms with van der Waals surface area (Å²) < 4.78 is 20.8. The number of aliphatic hydroxyl groups is 2. The van der Waals surface area contributed by atoms with Crippen LogP contribution in [-0.2, 0) is 27.5 Å². The van der Waals surface area contributed by atoms with Crippen molar-refractivity contribution in [3.63, 3.8) is 0 Å². The zero-order chi connectivity index (χ0) is 46.6. The largest absolute Gasteiger partial charge is 0.459 e. The zero-order valence-electron chi connectivity index (χ0n) is 39.2. The van der Waals surface area contributed by atoms with Gasteiger partial charge < -0.3 is 39.5 Å². The molecule has 4 aromatic carbocycles. The Hall–Kier alpha value is -5.49. The van der Waals surface area contributed by atoms with Gasteiger partial charge in [-0.1, -0.05) is 129 Å². The summed E-state index contributed by atoms with van der Waals surface area (Å²) in [6.45, 7) is 7.39. The SMILES string of the molecule is C=CCO[C@@]12Oc3ccc(OC(=O)NCc4ccccc4)cc3[C@H]3[C@H](CCCCO)[C@@H](CCCCO)C=C(C(=NOCC)C[C@@H]1N(Cc1cccc4ccccc14)C(=O)CCC1CCCC1)[C@H]32. The summed E-state index contributed by atoms with van der Waals surface area (Å²) in [5, 5.41) is 30.0. The fourth-order valence-corrected chi connectivity index (χ4v) is 11.5. The minimum Gasteiger partial charge on any atom is -0.459 e. The van der Waals surface area contributed by atoms with Crippen LogP contribution in [-0.4, -0.2) is 71.1 Å². The van der Waals surface area contributed by atoms with Crippen LogP contribution in [0.2, 0.25) is 0 Å². The van der Waals surface area contributed by atoms with Gasteiger partial charge in [0.05, 0.1) is 18.2 Å². The molecule has 4 aliphatic rings. The van der Waals surface area contributed by atoms with Crippen molar-refractivity contribution in [3.8, 4) is 11.5 Å². The van der Waals surface area contributed by atoms with E-state index in [0.29, 0.717) is 62.8 Å². The van der Waals surface area contributed by atoms with E-state index in [2.05, 4.69) is 48.3 Å². The van der Waals surface area contributed by atoms with E-state index in [1.54, 1.807) is 12.1 Å². The number of nitrogens with zero attached hydrogens (tertiary/aromatic N) is 2. The van der Waals surface area contributed by atoms with E-state index in [4.69, 9.17) is 24.2 Å². The molecule has 0 radical (unpaired) electrons. The van der Waals surface area contributed by atoms with Gasteiger partial charge in [0.25, 0.3) is 0 Å². The molecule has 2 amide bonds. The minimum absolute atomic E-state index is 0.0205. The molecule has 0 bridgehead atoms. The number of carbonyl (C=O) groups excluding carboxylic acids is 2. The van der Waals surface area contributed by atoms with Crippen molar-refractivity contribution in [1.29, 1.82) is 0 Å². The Balaban J connectivity index is 1.29. The highest BCUT2D eigenvalue weighted by Gasteiger charge is 2.65. The molecule has 3 N–H and O–H groups in total. The van der Waals surface area contributed by atoms with Crippen LogP contribution in [0.25, 0.3) is 10.8 Å². The summed E-state index contributed by atoms with van der Waals surface area (Å²) >= 11 is 0. The van der Waals surface area contributed by atoms with Crippen molar-refractivity contribution in [2.24, 2.45) is 28.8 Å². The third kappa shape index (κ3) is 11.0. The molecule has 2 fully saturated rings. The first kappa shape index (κ1) is 48.0. The number of fused-ring (bicyclic) bond motifs is 3. The molecule has 1 aliphatic heterocycles. The molecular weight excluding hydrogens is 843 g/mol. The molecule has 8 rings (SSSR count). The Labute approximate surface area is 396 Å². The lowest BCUT2D eigenvalue weighted by atomic mass is 9.55. The maximum Gasteiger partial charge on any atom is 0.412 e. The van der Waals surface area contributed by atoms with Crippen LogP contribution in [0.5, 0.6) is 11.5 Å². The molecule has 0 unspecified atom stereocenters. The van der Waals surface area contributed by atoms with Gasteiger partial charge in [0.15, 0.2) is 0 Å². The van der Waals surface area contributed by atoms with Crippen molar-refractivity contribution in [2.75, 3.05) is 26.4 Å². The van der Waals surface area contributed by atoms with E-state index in [1.165, 1.54) is 12.8 Å². The average Bonchev–Trinajstić information content (AvgIpc) is 3.88. The molecule has 11 heteroatoms. The number of amides is 2. The van der Waals surface area contributed by atoms with Gasteiger partial charge in [0.2, 0.25) is 11.7 Å². The predicted octanol–water partition coefficient (Wildman–Crippen LogP) is 10.8. The van der Waals surface area contributed by atoms with E-state index >= 15 is 4.79 Å². The van der Waals surface area contributed by atoms with Gasteiger partial charge in [-0.2, -0.15) is 0 Å². The van der Waals surface area contributed by atoms with Gasteiger partial charge >= 0.3 is 6.09 Å². The van der Waals surface area contributed by atoms with Gasteiger partial charge in [0.1, 0.15) is 24.1 Å². The number of aliphatic hydroxyl groups excluding tert-OH is 2. The summed E-state index contributed by atoms with van der Waals surface area (Å²) in [5.41, 5.74) is 4.59. The summed E-state index contributed by atoms with van der Waals surface area (Å²) in [5.74, 6) is -0.520. The summed E-state index contributed by atoms with van der Waals surface area (Å²) in [6.07, 6.45) is 14.3. The Bertz CT molecular complexity index is 2360. The molecule has 67 heavy (non-hydrogen) atoms. The van der Waals surface area contributed by atoms with E-state index in [9.17, 15) is 15.0 Å². The quantitative estimate of drug-likeness (QED) is 0.0402. The zero-order valence-corrected chi connectivity index (χ0v) is 39.2. The van der Waals surface area contributed by atoms with Crippen molar-refractivity contribution < 1.29 is 38.9 Å². The number of benzene rings is 4. The summed E-state index contributed by atoms with van der Waals surface area (Å²) in [6, 6.07) is 29.2. The highest BCUT2D eigenvalue weighted by atomic mass is 16.7. The van der Waals surface area contributed by atoms with Gasteiger partial charge in [-0.25, -0.2) is 4.79 Å². The molecule has 0 spiro atoms. The minimum atomic E-state index is -1.41. The van der Waals surface area contributed by atoms with Crippen molar-refractivity contribution >= 4 is 28.5 Å². The molecule has 3 aliphatic carbocycles. The number of hydrogen-bond acceptors (Lipinski definition) is 9. The molecule has 0 aromatic heterocycles. The van der Waals surface area contributed by atoms with E-state index in [0.717, 1.165) is 83.7 Å². The Morgan fingerprint density at radius 1 is 0.925 bits per heavy atom. The molecule has 4 aromatic rings. The lowest BCUT2D eigenvalue weighted by molar-refractivity contribution is -0.258. The smallest absolute Gasteiger partial charge is 0.412 e. The normalized spacial score (nSPS) is 23.7. The number of oxime groups is 1. The maximum atomic E-state index is 15.4. The predicted molar refractivity (Wildman–Crippen MR) is 262 cm³/mol. The molecule has 356 valence electrons. The second-order valence-electron chi connectivity index (χ2n) is 18.8. The lowest BCUT2D eigenvalue weighted by Crippen LogP contribution is -2.70. The van der Waals surface area contributed by atoms with Crippen LogP contribution in [0, 0.1) is 23.7 Å². The fourth-order valence-electron chi connectivity index (χ4n) is 11.5. The van der Waals surface area contributed by atoms with Gasteiger partial charge in [0, 0.05) is 50.6 Å².